The number of nitrogens with one attached hydrogen (secondary N) is 1. The highest BCUT2D eigenvalue weighted by Gasteiger charge is 2.16. The van der Waals surface area contributed by atoms with Gasteiger partial charge in [0, 0.05) is 0 Å². The fraction of sp³-hybridized carbons (Fsp3) is 0.0714. The molecule has 2 rings (SSSR count). The molecule has 0 unspecified atom stereocenters. The van der Waals surface area contributed by atoms with E-state index in [0.29, 0.717) is 0 Å². The first-order valence-electron chi connectivity index (χ1n) is 5.81. The normalized spacial score (nSPS) is 10.3. The third-order valence-corrected chi connectivity index (χ3v) is 2.90. The van der Waals surface area contributed by atoms with Crippen LogP contribution < -0.4 is 16.8 Å². The van der Waals surface area contributed by atoms with Crippen molar-refractivity contribution < 1.29 is 13.6 Å². The van der Waals surface area contributed by atoms with E-state index in [2.05, 4.69) is 5.32 Å². The highest BCUT2D eigenvalue weighted by molar-refractivity contribution is 6.02. The molecule has 0 spiro atoms. The van der Waals surface area contributed by atoms with Crippen molar-refractivity contribution in [2.45, 2.75) is 6.92 Å². The molecule has 0 heterocycles. The Labute approximate surface area is 114 Å². The second kappa shape index (κ2) is 5.16. The molecule has 0 aliphatic heterocycles. The summed E-state index contributed by atoms with van der Waals surface area (Å²) in [4.78, 5) is 11.3. The summed E-state index contributed by atoms with van der Waals surface area (Å²) >= 11 is 0. The van der Waals surface area contributed by atoms with E-state index in [1.54, 1.807) is 0 Å². The Morgan fingerprint density at radius 3 is 2.50 bits per heavy atom. The van der Waals surface area contributed by atoms with Crippen LogP contribution in [0.15, 0.2) is 30.3 Å². The summed E-state index contributed by atoms with van der Waals surface area (Å²) in [5.74, 6) is -2.27. The van der Waals surface area contributed by atoms with E-state index >= 15 is 0 Å². The zero-order chi connectivity index (χ0) is 14.9. The van der Waals surface area contributed by atoms with Crippen LogP contribution in [0.5, 0.6) is 0 Å². The summed E-state index contributed by atoms with van der Waals surface area (Å²) in [5.41, 5.74) is 11.2. The van der Waals surface area contributed by atoms with Crippen molar-refractivity contribution >= 4 is 23.0 Å². The minimum atomic E-state index is -0.785. The number of hydrogen-bond acceptors (Lipinski definition) is 3. The van der Waals surface area contributed by atoms with Crippen molar-refractivity contribution in [1.82, 2.24) is 0 Å². The molecular weight excluding hydrogens is 264 g/mol. The van der Waals surface area contributed by atoms with E-state index in [1.165, 1.54) is 31.2 Å². The van der Waals surface area contributed by atoms with Crippen LogP contribution in [-0.2, 0) is 0 Å². The summed E-state index contributed by atoms with van der Waals surface area (Å²) in [6, 6.07) is 6.90. The predicted octanol–water partition coefficient (Wildman–Crippen LogP) is 2.70. The van der Waals surface area contributed by atoms with Gasteiger partial charge in [0.25, 0.3) is 5.91 Å². The maximum Gasteiger partial charge on any atom is 0.250 e. The number of aryl methyl sites for hydroxylation is 1. The number of halogens is 2. The van der Waals surface area contributed by atoms with Gasteiger partial charge >= 0.3 is 0 Å². The van der Waals surface area contributed by atoms with Crippen molar-refractivity contribution in [3.05, 3.63) is 53.1 Å². The molecule has 0 aromatic heterocycles. The Morgan fingerprint density at radius 1 is 1.15 bits per heavy atom. The number of carbonyl (C=O) groups is 1. The van der Waals surface area contributed by atoms with Gasteiger partial charge in [-0.3, -0.25) is 4.79 Å². The van der Waals surface area contributed by atoms with Crippen molar-refractivity contribution in [1.29, 1.82) is 0 Å². The van der Waals surface area contributed by atoms with Crippen LogP contribution in [0.25, 0.3) is 0 Å². The maximum atomic E-state index is 14.0. The molecule has 0 aliphatic carbocycles. The number of amides is 1. The zero-order valence-corrected chi connectivity index (χ0v) is 10.7. The summed E-state index contributed by atoms with van der Waals surface area (Å²) in [6.45, 7) is 1.50. The van der Waals surface area contributed by atoms with Crippen molar-refractivity contribution in [2.24, 2.45) is 5.73 Å². The Bertz CT molecular complexity index is 686. The van der Waals surface area contributed by atoms with Crippen LogP contribution in [0.3, 0.4) is 0 Å². The number of carbonyl (C=O) groups excluding carboxylic acids is 1. The van der Waals surface area contributed by atoms with Gasteiger partial charge < -0.3 is 16.8 Å². The van der Waals surface area contributed by atoms with Gasteiger partial charge in [0.1, 0.15) is 11.5 Å². The Hall–Kier alpha value is -2.63. The van der Waals surface area contributed by atoms with Gasteiger partial charge in [-0.1, -0.05) is 12.1 Å². The molecule has 2 aromatic rings. The van der Waals surface area contributed by atoms with Crippen molar-refractivity contribution in [3.63, 3.8) is 0 Å². The topological polar surface area (TPSA) is 81.1 Å². The van der Waals surface area contributed by atoms with E-state index in [0.717, 1.165) is 6.07 Å². The zero-order valence-electron chi connectivity index (χ0n) is 10.7. The lowest BCUT2D eigenvalue weighted by Crippen LogP contribution is -2.15. The summed E-state index contributed by atoms with van der Waals surface area (Å²) in [5, 5.41) is 2.52. The van der Waals surface area contributed by atoms with E-state index in [-0.39, 0.29) is 28.2 Å². The van der Waals surface area contributed by atoms with E-state index in [1.807, 2.05) is 0 Å². The van der Waals surface area contributed by atoms with Gasteiger partial charge in [-0.25, -0.2) is 8.78 Å². The minimum absolute atomic E-state index is 0.0605. The molecule has 0 aliphatic rings. The van der Waals surface area contributed by atoms with Crippen LogP contribution in [0.1, 0.15) is 15.9 Å². The molecule has 0 saturated carbocycles. The second-order valence-corrected chi connectivity index (χ2v) is 4.31. The fourth-order valence-electron chi connectivity index (χ4n) is 1.81. The molecule has 0 atom stereocenters. The Balaban J connectivity index is 2.56. The van der Waals surface area contributed by atoms with Crippen LogP contribution >= 0.6 is 0 Å². The monoisotopic (exact) mass is 277 g/mol. The average Bonchev–Trinajstić information content (AvgIpc) is 2.40. The van der Waals surface area contributed by atoms with Gasteiger partial charge in [-0.2, -0.15) is 0 Å². The number of hydrogen-bond donors (Lipinski definition) is 3. The molecule has 1 amide bonds. The van der Waals surface area contributed by atoms with Crippen LogP contribution in [0, 0.1) is 18.6 Å². The molecule has 0 fully saturated rings. The van der Waals surface area contributed by atoms with Gasteiger partial charge in [0.15, 0.2) is 5.82 Å². The van der Waals surface area contributed by atoms with Crippen molar-refractivity contribution in [3.8, 4) is 0 Å². The first kappa shape index (κ1) is 13.8. The van der Waals surface area contributed by atoms with E-state index in [9.17, 15) is 13.6 Å². The SMILES string of the molecule is Cc1ccc(F)c(Nc2c(N)cccc2C(N)=O)c1F. The average molecular weight is 277 g/mol. The lowest BCUT2D eigenvalue weighted by molar-refractivity contribution is 0.100. The summed E-state index contributed by atoms with van der Waals surface area (Å²) in [6.07, 6.45) is 0. The second-order valence-electron chi connectivity index (χ2n) is 4.31. The fourth-order valence-corrected chi connectivity index (χ4v) is 1.81. The number of nitrogens with two attached hydrogens (primary N) is 2. The third kappa shape index (κ3) is 2.40. The number of anilines is 3. The molecule has 2 aromatic carbocycles. The molecule has 5 N–H and O–H groups in total. The van der Waals surface area contributed by atoms with Gasteiger partial charge in [0.05, 0.1) is 16.9 Å². The van der Waals surface area contributed by atoms with Crippen LogP contribution in [0.2, 0.25) is 0 Å². The molecule has 4 nitrogen and oxygen atoms in total. The number of nitrogen functional groups attached to an aromatic ring is 1. The van der Waals surface area contributed by atoms with Gasteiger partial charge in [0.2, 0.25) is 0 Å². The first-order chi connectivity index (χ1) is 9.41. The van der Waals surface area contributed by atoms with Crippen molar-refractivity contribution in [2.75, 3.05) is 11.1 Å². The number of para-hydroxylation sites is 1. The summed E-state index contributed by atoms with van der Waals surface area (Å²) < 4.78 is 27.7. The van der Waals surface area contributed by atoms with Crippen LogP contribution in [0.4, 0.5) is 25.8 Å². The lowest BCUT2D eigenvalue weighted by atomic mass is 10.1. The third-order valence-electron chi connectivity index (χ3n) is 2.90. The highest BCUT2D eigenvalue weighted by atomic mass is 19.1. The largest absolute Gasteiger partial charge is 0.397 e. The molecule has 0 saturated heterocycles. The molecule has 104 valence electrons. The molecule has 0 bridgehead atoms. The van der Waals surface area contributed by atoms with E-state index in [4.69, 9.17) is 11.5 Å². The molecular formula is C14H13F2N3O. The Kier molecular flexibility index (Phi) is 3.56. The molecule has 6 heteroatoms. The highest BCUT2D eigenvalue weighted by Crippen LogP contribution is 2.31. The van der Waals surface area contributed by atoms with E-state index < -0.39 is 17.5 Å². The predicted molar refractivity (Wildman–Crippen MR) is 73.8 cm³/mol. The summed E-state index contributed by atoms with van der Waals surface area (Å²) in [7, 11) is 0. The Morgan fingerprint density at radius 2 is 1.85 bits per heavy atom. The number of benzene rings is 2. The standard InChI is InChI=1S/C14H13F2N3O/c1-7-5-6-9(15)13(11(7)16)19-12-8(14(18)20)3-2-4-10(12)17/h2-6,19H,17H2,1H3,(H2,18,20). The first-order valence-corrected chi connectivity index (χ1v) is 5.81. The van der Waals surface area contributed by atoms with Gasteiger partial charge in [-0.15, -0.1) is 0 Å². The quantitative estimate of drug-likeness (QED) is 0.754. The molecule has 0 radical (unpaired) electrons. The minimum Gasteiger partial charge on any atom is -0.397 e. The van der Waals surface area contributed by atoms with Gasteiger partial charge in [-0.05, 0) is 30.7 Å². The number of rotatable bonds is 3. The van der Waals surface area contributed by atoms with Crippen LogP contribution in [-0.4, -0.2) is 5.91 Å². The molecule has 20 heavy (non-hydrogen) atoms. The maximum absolute atomic E-state index is 14.0. The lowest BCUT2D eigenvalue weighted by Gasteiger charge is -2.14. The number of primary amides is 1. The smallest absolute Gasteiger partial charge is 0.250 e.